The Kier molecular flexibility index (Phi) is 1.90. The largest absolute Gasteiger partial charge is 0.321 e. The van der Waals surface area contributed by atoms with Crippen LogP contribution in [0.2, 0.25) is 5.02 Å². The molecule has 1 aliphatic carbocycles. The predicted octanol–water partition coefficient (Wildman–Crippen LogP) is 1.86. The van der Waals surface area contributed by atoms with Crippen molar-refractivity contribution >= 4 is 17.4 Å². The van der Waals surface area contributed by atoms with Crippen LogP contribution < -0.4 is 5.73 Å². The average Bonchev–Trinajstić information content (AvgIpc) is 2.02. The lowest BCUT2D eigenvalue weighted by molar-refractivity contribution is -0.128. The third-order valence-electron chi connectivity index (χ3n) is 2.44. The molecule has 1 aliphatic rings. The second kappa shape index (κ2) is 2.82. The van der Waals surface area contributed by atoms with E-state index in [1.165, 1.54) is 0 Å². The molecule has 0 aromatic heterocycles. The molecule has 13 heavy (non-hydrogen) atoms. The number of hydrogen-bond acceptors (Lipinski definition) is 2. The average molecular weight is 196 g/mol. The first-order valence-electron chi connectivity index (χ1n) is 4.17. The maximum absolute atomic E-state index is 10.9. The summed E-state index contributed by atoms with van der Waals surface area (Å²) in [5.41, 5.74) is 6.39. The van der Waals surface area contributed by atoms with E-state index in [-0.39, 0.29) is 5.78 Å². The van der Waals surface area contributed by atoms with E-state index >= 15 is 0 Å². The molecule has 3 heteroatoms. The smallest absolute Gasteiger partial charge is 0.137 e. The van der Waals surface area contributed by atoms with Gasteiger partial charge in [-0.25, -0.2) is 0 Å². The molecule has 1 fully saturated rings. The summed E-state index contributed by atoms with van der Waals surface area (Å²) in [6.45, 7) is 0. The van der Waals surface area contributed by atoms with E-state index in [4.69, 9.17) is 17.3 Å². The van der Waals surface area contributed by atoms with Gasteiger partial charge >= 0.3 is 0 Å². The lowest BCUT2D eigenvalue weighted by Crippen LogP contribution is -2.49. The van der Waals surface area contributed by atoms with E-state index in [1.807, 2.05) is 18.2 Å². The van der Waals surface area contributed by atoms with E-state index in [9.17, 15) is 4.79 Å². The van der Waals surface area contributed by atoms with Gasteiger partial charge in [0.15, 0.2) is 0 Å². The Hall–Kier alpha value is -0.860. The highest BCUT2D eigenvalue weighted by Gasteiger charge is 2.42. The Labute approximate surface area is 81.7 Å². The Balaban J connectivity index is 2.36. The Morgan fingerprint density at radius 2 is 1.92 bits per heavy atom. The predicted molar refractivity (Wildman–Crippen MR) is 51.6 cm³/mol. The van der Waals surface area contributed by atoms with Crippen molar-refractivity contribution in [1.82, 2.24) is 0 Å². The van der Waals surface area contributed by atoms with Crippen molar-refractivity contribution in [3.8, 4) is 0 Å². The first-order chi connectivity index (χ1) is 6.12. The summed E-state index contributed by atoms with van der Waals surface area (Å²) >= 11 is 5.98. The highest BCUT2D eigenvalue weighted by molar-refractivity contribution is 6.31. The molecule has 0 atom stereocenters. The maximum atomic E-state index is 10.9. The Morgan fingerprint density at radius 1 is 1.31 bits per heavy atom. The van der Waals surface area contributed by atoms with E-state index in [0.29, 0.717) is 17.9 Å². The van der Waals surface area contributed by atoms with Crippen LogP contribution in [0.5, 0.6) is 0 Å². The number of carbonyl (C=O) groups excluding carboxylic acids is 1. The minimum atomic E-state index is -0.505. The van der Waals surface area contributed by atoms with Gasteiger partial charge < -0.3 is 5.73 Å². The number of carbonyl (C=O) groups is 1. The fourth-order valence-electron chi connectivity index (χ4n) is 1.71. The summed E-state index contributed by atoms with van der Waals surface area (Å²) in [6, 6.07) is 7.43. The lowest BCUT2D eigenvalue weighted by Gasteiger charge is -2.37. The number of rotatable bonds is 1. The molecule has 1 aromatic rings. The minimum Gasteiger partial charge on any atom is -0.321 e. The van der Waals surface area contributed by atoms with E-state index < -0.39 is 5.54 Å². The fourth-order valence-corrected chi connectivity index (χ4v) is 2.03. The van der Waals surface area contributed by atoms with Gasteiger partial charge in [0.2, 0.25) is 0 Å². The van der Waals surface area contributed by atoms with Crippen LogP contribution in [0, 0.1) is 0 Å². The second-order valence-electron chi connectivity index (χ2n) is 3.53. The number of ketones is 1. The van der Waals surface area contributed by atoms with Crippen molar-refractivity contribution < 1.29 is 4.79 Å². The zero-order chi connectivity index (χ0) is 9.47. The van der Waals surface area contributed by atoms with Crippen LogP contribution in [-0.2, 0) is 10.3 Å². The summed E-state index contributed by atoms with van der Waals surface area (Å²) in [5.74, 6) is 0.211. The molecule has 0 spiro atoms. The summed E-state index contributed by atoms with van der Waals surface area (Å²) in [7, 11) is 0. The molecule has 2 N–H and O–H groups in total. The molecular formula is C10H10ClNO. The Morgan fingerprint density at radius 3 is 2.46 bits per heavy atom. The van der Waals surface area contributed by atoms with Gasteiger partial charge in [-0.3, -0.25) is 4.79 Å². The van der Waals surface area contributed by atoms with E-state index in [1.54, 1.807) is 6.07 Å². The summed E-state index contributed by atoms with van der Waals surface area (Å²) in [6.07, 6.45) is 0.827. The summed E-state index contributed by atoms with van der Waals surface area (Å²) in [4.78, 5) is 10.9. The number of benzene rings is 1. The van der Waals surface area contributed by atoms with Crippen LogP contribution >= 0.6 is 11.6 Å². The quantitative estimate of drug-likeness (QED) is 0.744. The Bertz CT molecular complexity index is 354. The molecule has 0 aliphatic heterocycles. The number of nitrogens with two attached hydrogens (primary N) is 1. The molecular weight excluding hydrogens is 186 g/mol. The van der Waals surface area contributed by atoms with Crippen molar-refractivity contribution in [2.75, 3.05) is 0 Å². The molecule has 0 amide bonds. The van der Waals surface area contributed by atoms with Gasteiger partial charge in [-0.15, -0.1) is 0 Å². The number of halogens is 1. The molecule has 1 aromatic carbocycles. The van der Waals surface area contributed by atoms with Crippen molar-refractivity contribution in [3.05, 3.63) is 34.9 Å². The van der Waals surface area contributed by atoms with Crippen LogP contribution in [0.1, 0.15) is 18.4 Å². The van der Waals surface area contributed by atoms with Crippen LogP contribution in [0.25, 0.3) is 0 Å². The second-order valence-corrected chi connectivity index (χ2v) is 3.94. The minimum absolute atomic E-state index is 0.211. The molecule has 1 saturated carbocycles. The molecule has 0 heterocycles. The van der Waals surface area contributed by atoms with E-state index in [2.05, 4.69) is 0 Å². The number of hydrogen-bond donors (Lipinski definition) is 1. The van der Waals surface area contributed by atoms with Gasteiger partial charge in [-0.1, -0.05) is 29.8 Å². The molecule has 68 valence electrons. The normalized spacial score (nSPS) is 19.7. The highest BCUT2D eigenvalue weighted by Crippen LogP contribution is 2.39. The third kappa shape index (κ3) is 1.36. The molecule has 2 nitrogen and oxygen atoms in total. The monoisotopic (exact) mass is 195 g/mol. The zero-order valence-corrected chi connectivity index (χ0v) is 7.84. The van der Waals surface area contributed by atoms with Gasteiger partial charge in [0, 0.05) is 17.9 Å². The third-order valence-corrected chi connectivity index (χ3v) is 2.77. The zero-order valence-electron chi connectivity index (χ0n) is 7.09. The van der Waals surface area contributed by atoms with Crippen LogP contribution in [0.3, 0.4) is 0 Å². The summed E-state index contributed by atoms with van der Waals surface area (Å²) in [5, 5.41) is 0.650. The summed E-state index contributed by atoms with van der Waals surface area (Å²) < 4.78 is 0. The van der Waals surface area contributed by atoms with Crippen LogP contribution in [-0.4, -0.2) is 5.78 Å². The van der Waals surface area contributed by atoms with Crippen molar-refractivity contribution in [2.24, 2.45) is 5.73 Å². The van der Waals surface area contributed by atoms with Gasteiger partial charge in [0.05, 0.1) is 5.54 Å². The topological polar surface area (TPSA) is 43.1 Å². The molecule has 0 saturated heterocycles. The molecule has 0 radical (unpaired) electrons. The highest BCUT2D eigenvalue weighted by atomic mass is 35.5. The first kappa shape index (κ1) is 8.73. The standard InChI is InChI=1S/C10H10ClNO/c11-9-4-2-1-3-8(9)10(12)5-7(13)6-10/h1-4H,5-6,12H2. The number of Topliss-reactive ketones (excluding diaryl/α,β-unsaturated/α-hetero) is 1. The first-order valence-corrected chi connectivity index (χ1v) is 4.55. The maximum Gasteiger partial charge on any atom is 0.137 e. The van der Waals surface area contributed by atoms with Crippen LogP contribution in [0.15, 0.2) is 24.3 Å². The van der Waals surface area contributed by atoms with Crippen LogP contribution in [0.4, 0.5) is 0 Å². The molecule has 0 bridgehead atoms. The fraction of sp³-hybridized carbons (Fsp3) is 0.300. The lowest BCUT2D eigenvalue weighted by atomic mass is 9.72. The van der Waals surface area contributed by atoms with Gasteiger partial charge in [-0.2, -0.15) is 0 Å². The SMILES string of the molecule is NC1(c2ccccc2Cl)CC(=O)C1. The van der Waals surface area contributed by atoms with E-state index in [0.717, 1.165) is 5.56 Å². The van der Waals surface area contributed by atoms with Gasteiger partial charge in [0.1, 0.15) is 5.78 Å². The molecule has 2 rings (SSSR count). The molecule has 0 unspecified atom stereocenters. The van der Waals surface area contributed by atoms with Crippen molar-refractivity contribution in [2.45, 2.75) is 18.4 Å². The van der Waals surface area contributed by atoms with Gasteiger partial charge in [-0.05, 0) is 11.6 Å². The van der Waals surface area contributed by atoms with Crippen molar-refractivity contribution in [1.29, 1.82) is 0 Å². The van der Waals surface area contributed by atoms with Crippen molar-refractivity contribution in [3.63, 3.8) is 0 Å². The van der Waals surface area contributed by atoms with Gasteiger partial charge in [0.25, 0.3) is 0 Å².